The van der Waals surface area contributed by atoms with Crippen molar-refractivity contribution in [2.24, 2.45) is 5.16 Å². The number of nitrogens with zero attached hydrogens (tertiary/aromatic N) is 2. The fourth-order valence-electron chi connectivity index (χ4n) is 1.72. The first-order valence-corrected chi connectivity index (χ1v) is 6.90. The van der Waals surface area contributed by atoms with E-state index in [9.17, 15) is 0 Å². The van der Waals surface area contributed by atoms with Gasteiger partial charge in [0.05, 0.1) is 0 Å². The Balaban J connectivity index is 2.25. The molecule has 0 bridgehead atoms. The highest BCUT2D eigenvalue weighted by atomic mass is 16.8. The van der Waals surface area contributed by atoms with Crippen LogP contribution in [0.25, 0.3) is 0 Å². The second-order valence-corrected chi connectivity index (χ2v) is 5.15. The number of methoxy groups -OCH3 is 1. The standard InChI is InChI=1S/C17H21N2O2/c1-17(2,20-3)21-18-16(15-10-6-4-7-11-15)14-19-12-8-5-9-13-19/h4-13H,14H2,1-3H3/q+1/b18-16+. The topological polar surface area (TPSA) is 34.7 Å². The smallest absolute Gasteiger partial charge is 0.230 e. The van der Waals surface area contributed by atoms with Gasteiger partial charge < -0.3 is 9.57 Å². The molecule has 0 saturated carbocycles. The molecule has 0 unspecified atom stereocenters. The lowest BCUT2D eigenvalue weighted by molar-refractivity contribution is -0.681. The Morgan fingerprint density at radius 3 is 2.29 bits per heavy atom. The lowest BCUT2D eigenvalue weighted by Crippen LogP contribution is -2.37. The van der Waals surface area contributed by atoms with E-state index in [1.165, 1.54) is 0 Å². The minimum Gasteiger partial charge on any atom is -0.360 e. The van der Waals surface area contributed by atoms with Crippen molar-refractivity contribution in [1.29, 1.82) is 0 Å². The Kier molecular flexibility index (Phi) is 5.06. The lowest BCUT2D eigenvalue weighted by Gasteiger charge is -2.20. The fraction of sp³-hybridized carbons (Fsp3) is 0.294. The van der Waals surface area contributed by atoms with Crippen LogP contribution in [0.5, 0.6) is 0 Å². The van der Waals surface area contributed by atoms with Crippen LogP contribution in [0.2, 0.25) is 0 Å². The molecule has 21 heavy (non-hydrogen) atoms. The van der Waals surface area contributed by atoms with Gasteiger partial charge in [-0.1, -0.05) is 41.6 Å². The van der Waals surface area contributed by atoms with E-state index in [4.69, 9.17) is 9.57 Å². The number of ether oxygens (including phenoxy) is 1. The highest BCUT2D eigenvalue weighted by Crippen LogP contribution is 2.11. The van der Waals surface area contributed by atoms with E-state index in [1.54, 1.807) is 7.11 Å². The average Bonchev–Trinajstić information content (AvgIpc) is 2.53. The third-order valence-electron chi connectivity index (χ3n) is 3.08. The van der Waals surface area contributed by atoms with Gasteiger partial charge in [-0.2, -0.15) is 4.57 Å². The second kappa shape index (κ2) is 6.99. The Morgan fingerprint density at radius 2 is 1.67 bits per heavy atom. The van der Waals surface area contributed by atoms with Crippen molar-refractivity contribution in [1.82, 2.24) is 0 Å². The molecule has 1 heterocycles. The number of rotatable bonds is 6. The van der Waals surface area contributed by atoms with Gasteiger partial charge in [0, 0.05) is 38.7 Å². The summed E-state index contributed by atoms with van der Waals surface area (Å²) in [5.74, 6) is -0.749. The van der Waals surface area contributed by atoms with E-state index in [1.807, 2.05) is 74.8 Å². The maximum Gasteiger partial charge on any atom is 0.230 e. The van der Waals surface area contributed by atoms with E-state index in [-0.39, 0.29) is 0 Å². The van der Waals surface area contributed by atoms with Crippen LogP contribution in [0.4, 0.5) is 0 Å². The van der Waals surface area contributed by atoms with Crippen molar-refractivity contribution in [2.45, 2.75) is 26.2 Å². The van der Waals surface area contributed by atoms with Gasteiger partial charge in [0.1, 0.15) is 0 Å². The summed E-state index contributed by atoms with van der Waals surface area (Å²) >= 11 is 0. The summed E-state index contributed by atoms with van der Waals surface area (Å²) in [4.78, 5) is 5.52. The highest BCUT2D eigenvalue weighted by Gasteiger charge is 2.19. The largest absolute Gasteiger partial charge is 0.360 e. The molecular weight excluding hydrogens is 264 g/mol. The minimum atomic E-state index is -0.749. The maximum atomic E-state index is 5.52. The van der Waals surface area contributed by atoms with Crippen LogP contribution in [-0.4, -0.2) is 18.6 Å². The molecule has 0 aliphatic heterocycles. The molecule has 1 aromatic carbocycles. The number of benzene rings is 1. The summed E-state index contributed by atoms with van der Waals surface area (Å²) in [6.45, 7) is 4.29. The van der Waals surface area contributed by atoms with Gasteiger partial charge in [-0.25, -0.2) is 0 Å². The second-order valence-electron chi connectivity index (χ2n) is 5.15. The van der Waals surface area contributed by atoms with Gasteiger partial charge in [-0.15, -0.1) is 0 Å². The zero-order valence-electron chi connectivity index (χ0n) is 12.7. The van der Waals surface area contributed by atoms with Gasteiger partial charge in [-0.05, 0) is 0 Å². The molecule has 0 radical (unpaired) electrons. The lowest BCUT2D eigenvalue weighted by atomic mass is 10.1. The first-order chi connectivity index (χ1) is 10.1. The molecule has 0 atom stereocenters. The van der Waals surface area contributed by atoms with E-state index in [0.29, 0.717) is 6.54 Å². The molecule has 0 N–H and O–H groups in total. The first-order valence-electron chi connectivity index (χ1n) is 6.90. The number of aromatic nitrogens is 1. The van der Waals surface area contributed by atoms with Crippen LogP contribution in [0.15, 0.2) is 66.1 Å². The van der Waals surface area contributed by atoms with Crippen molar-refractivity contribution in [3.63, 3.8) is 0 Å². The Labute approximate surface area is 125 Å². The molecule has 2 rings (SSSR count). The molecule has 0 aliphatic rings. The van der Waals surface area contributed by atoms with Crippen LogP contribution < -0.4 is 4.57 Å². The van der Waals surface area contributed by atoms with Crippen molar-refractivity contribution in [3.05, 3.63) is 66.5 Å². The molecular formula is C17H21N2O2+. The van der Waals surface area contributed by atoms with Gasteiger partial charge in [-0.3, -0.25) is 0 Å². The summed E-state index contributed by atoms with van der Waals surface area (Å²) in [5.41, 5.74) is 1.87. The van der Waals surface area contributed by atoms with E-state index in [2.05, 4.69) is 9.72 Å². The molecule has 4 nitrogen and oxygen atoms in total. The molecule has 0 spiro atoms. The SMILES string of the molecule is COC(C)(C)O/N=C(\C[n+]1ccccc1)c1ccccc1. The van der Waals surface area contributed by atoms with Gasteiger partial charge >= 0.3 is 0 Å². The number of pyridine rings is 1. The Bertz CT molecular complexity index is 580. The van der Waals surface area contributed by atoms with Gasteiger partial charge in [0.25, 0.3) is 0 Å². The molecule has 2 aromatic rings. The van der Waals surface area contributed by atoms with Crippen molar-refractivity contribution < 1.29 is 14.1 Å². The van der Waals surface area contributed by atoms with E-state index in [0.717, 1.165) is 11.3 Å². The van der Waals surface area contributed by atoms with Crippen LogP contribution in [0.3, 0.4) is 0 Å². The first kappa shape index (κ1) is 15.2. The molecule has 0 amide bonds. The normalized spacial score (nSPS) is 12.2. The predicted molar refractivity (Wildman–Crippen MR) is 81.8 cm³/mol. The minimum absolute atomic E-state index is 0.630. The molecule has 4 heteroatoms. The molecule has 0 aliphatic carbocycles. The fourth-order valence-corrected chi connectivity index (χ4v) is 1.72. The average molecular weight is 285 g/mol. The van der Waals surface area contributed by atoms with E-state index >= 15 is 0 Å². The Hall–Kier alpha value is -2.20. The van der Waals surface area contributed by atoms with Crippen molar-refractivity contribution >= 4 is 5.71 Å². The zero-order valence-corrected chi connectivity index (χ0v) is 12.7. The quantitative estimate of drug-likeness (QED) is 0.354. The van der Waals surface area contributed by atoms with Gasteiger partial charge in [0.2, 0.25) is 5.79 Å². The zero-order chi connectivity index (χ0) is 15.1. The Morgan fingerprint density at radius 1 is 1.05 bits per heavy atom. The molecule has 110 valence electrons. The summed E-state index contributed by atoms with van der Waals surface area (Å²) < 4.78 is 7.29. The summed E-state index contributed by atoms with van der Waals surface area (Å²) in [6.07, 6.45) is 4.00. The highest BCUT2D eigenvalue weighted by molar-refractivity contribution is 5.99. The predicted octanol–water partition coefficient (Wildman–Crippen LogP) is 2.78. The van der Waals surface area contributed by atoms with Crippen LogP contribution in [0.1, 0.15) is 19.4 Å². The van der Waals surface area contributed by atoms with Crippen molar-refractivity contribution in [3.8, 4) is 0 Å². The molecule has 0 fully saturated rings. The van der Waals surface area contributed by atoms with E-state index < -0.39 is 5.79 Å². The summed E-state index contributed by atoms with van der Waals surface area (Å²) in [5, 5.41) is 4.30. The number of oxime groups is 1. The third kappa shape index (κ3) is 4.68. The molecule has 1 aromatic heterocycles. The monoisotopic (exact) mass is 285 g/mol. The number of hydrogen-bond acceptors (Lipinski definition) is 3. The molecule has 0 saturated heterocycles. The third-order valence-corrected chi connectivity index (χ3v) is 3.08. The maximum absolute atomic E-state index is 5.52. The summed E-state index contributed by atoms with van der Waals surface area (Å²) in [7, 11) is 1.60. The number of hydrogen-bond donors (Lipinski definition) is 0. The van der Waals surface area contributed by atoms with Crippen LogP contribution in [0, 0.1) is 0 Å². The van der Waals surface area contributed by atoms with Crippen molar-refractivity contribution in [2.75, 3.05) is 7.11 Å². The van der Waals surface area contributed by atoms with Gasteiger partial charge in [0.15, 0.2) is 24.7 Å². The van der Waals surface area contributed by atoms with Crippen LogP contribution in [-0.2, 0) is 16.1 Å². The summed E-state index contributed by atoms with van der Waals surface area (Å²) in [6, 6.07) is 16.0. The van der Waals surface area contributed by atoms with Crippen LogP contribution >= 0.6 is 0 Å².